The Hall–Kier alpha value is -0.860. The van der Waals surface area contributed by atoms with E-state index in [1.54, 1.807) is 0 Å². The third-order valence-corrected chi connectivity index (χ3v) is 3.29. The van der Waals surface area contributed by atoms with Crippen molar-refractivity contribution in [2.75, 3.05) is 6.54 Å². The Morgan fingerprint density at radius 1 is 1.19 bits per heavy atom. The average molecular weight is 221 g/mol. The van der Waals surface area contributed by atoms with Crippen LogP contribution >= 0.6 is 0 Å². The van der Waals surface area contributed by atoms with Crippen LogP contribution in [-0.2, 0) is 5.41 Å². The van der Waals surface area contributed by atoms with Gasteiger partial charge in [0.05, 0.1) is 6.10 Å². The molecule has 2 unspecified atom stereocenters. The van der Waals surface area contributed by atoms with Gasteiger partial charge in [-0.05, 0) is 24.8 Å². The van der Waals surface area contributed by atoms with E-state index in [1.807, 2.05) is 25.1 Å². The fraction of sp³-hybridized carbons (Fsp3) is 0.571. The summed E-state index contributed by atoms with van der Waals surface area (Å²) in [5.41, 5.74) is 6.76. The lowest BCUT2D eigenvalue weighted by Gasteiger charge is -2.37. The van der Waals surface area contributed by atoms with E-state index in [2.05, 4.69) is 26.0 Å². The van der Waals surface area contributed by atoms with Crippen LogP contribution < -0.4 is 5.73 Å². The number of hydrogen-bond acceptors (Lipinski definition) is 2. The summed E-state index contributed by atoms with van der Waals surface area (Å²) in [5, 5.41) is 10.1. The molecule has 1 aromatic rings. The summed E-state index contributed by atoms with van der Waals surface area (Å²) < 4.78 is 0. The maximum atomic E-state index is 10.1. The highest BCUT2D eigenvalue weighted by Crippen LogP contribution is 2.33. The zero-order valence-corrected chi connectivity index (χ0v) is 10.5. The van der Waals surface area contributed by atoms with E-state index < -0.39 is 6.10 Å². The number of rotatable bonds is 5. The van der Waals surface area contributed by atoms with Crippen LogP contribution in [0.3, 0.4) is 0 Å². The molecule has 1 rings (SSSR count). The monoisotopic (exact) mass is 221 g/mol. The first-order valence-electron chi connectivity index (χ1n) is 5.96. The summed E-state index contributed by atoms with van der Waals surface area (Å²) in [7, 11) is 0. The molecule has 16 heavy (non-hydrogen) atoms. The van der Waals surface area contributed by atoms with E-state index in [1.165, 1.54) is 0 Å². The van der Waals surface area contributed by atoms with Gasteiger partial charge < -0.3 is 10.8 Å². The normalized spacial score (nSPS) is 17.1. The Morgan fingerprint density at radius 3 is 2.12 bits per heavy atom. The van der Waals surface area contributed by atoms with Gasteiger partial charge in [0.25, 0.3) is 0 Å². The fourth-order valence-electron chi connectivity index (χ4n) is 2.40. The summed E-state index contributed by atoms with van der Waals surface area (Å²) in [6.45, 7) is 6.64. The van der Waals surface area contributed by atoms with E-state index in [-0.39, 0.29) is 5.41 Å². The van der Waals surface area contributed by atoms with Crippen LogP contribution in [0.5, 0.6) is 0 Å². The van der Waals surface area contributed by atoms with Crippen LogP contribution in [-0.4, -0.2) is 17.8 Å². The topological polar surface area (TPSA) is 46.2 Å². The highest BCUT2D eigenvalue weighted by Gasteiger charge is 2.36. The van der Waals surface area contributed by atoms with Crippen molar-refractivity contribution in [1.29, 1.82) is 0 Å². The van der Waals surface area contributed by atoms with Crippen molar-refractivity contribution in [3.63, 3.8) is 0 Å². The minimum absolute atomic E-state index is 0.310. The van der Waals surface area contributed by atoms with Crippen LogP contribution in [0.15, 0.2) is 30.3 Å². The van der Waals surface area contributed by atoms with Crippen LogP contribution in [0.25, 0.3) is 0 Å². The number of aliphatic hydroxyl groups is 1. The number of nitrogens with two attached hydrogens (primary N) is 1. The molecular formula is C14H23NO. The molecule has 0 saturated carbocycles. The van der Waals surface area contributed by atoms with Crippen LogP contribution in [0.2, 0.25) is 0 Å². The number of aliphatic hydroxyl groups excluding tert-OH is 1. The van der Waals surface area contributed by atoms with Gasteiger partial charge in [-0.2, -0.15) is 0 Å². The lowest BCUT2D eigenvalue weighted by atomic mass is 9.71. The molecule has 0 aliphatic rings. The van der Waals surface area contributed by atoms with Crippen molar-refractivity contribution in [3.8, 4) is 0 Å². The molecule has 1 aromatic carbocycles. The molecule has 0 amide bonds. The van der Waals surface area contributed by atoms with Gasteiger partial charge in [0.2, 0.25) is 0 Å². The highest BCUT2D eigenvalue weighted by molar-refractivity contribution is 5.27. The standard InChI is InChI=1S/C14H23NO/c1-11(2)9-14(10-15,12(3)16)13-7-5-4-6-8-13/h4-8,11-12,16H,9-10,15H2,1-3H3. The molecule has 0 radical (unpaired) electrons. The van der Waals surface area contributed by atoms with Gasteiger partial charge in [-0.25, -0.2) is 0 Å². The second kappa shape index (κ2) is 5.46. The second-order valence-corrected chi connectivity index (χ2v) is 5.00. The van der Waals surface area contributed by atoms with E-state index >= 15 is 0 Å². The van der Waals surface area contributed by atoms with Gasteiger partial charge in [0, 0.05) is 12.0 Å². The third kappa shape index (κ3) is 2.63. The van der Waals surface area contributed by atoms with E-state index in [4.69, 9.17) is 5.73 Å². The molecule has 3 N–H and O–H groups in total. The Kier molecular flexibility index (Phi) is 4.51. The van der Waals surface area contributed by atoms with E-state index in [0.717, 1.165) is 12.0 Å². The molecule has 2 atom stereocenters. The van der Waals surface area contributed by atoms with Gasteiger partial charge in [0.15, 0.2) is 0 Å². The van der Waals surface area contributed by atoms with Crippen molar-refractivity contribution in [3.05, 3.63) is 35.9 Å². The Morgan fingerprint density at radius 2 is 1.75 bits per heavy atom. The average Bonchev–Trinajstić information content (AvgIpc) is 2.26. The summed E-state index contributed by atoms with van der Waals surface area (Å²) in [4.78, 5) is 0. The molecule has 0 aliphatic heterocycles. The minimum Gasteiger partial charge on any atom is -0.392 e. The van der Waals surface area contributed by atoms with Gasteiger partial charge in [-0.1, -0.05) is 44.2 Å². The first-order chi connectivity index (χ1) is 7.53. The first-order valence-corrected chi connectivity index (χ1v) is 5.96. The van der Waals surface area contributed by atoms with Crippen LogP contribution in [0, 0.1) is 5.92 Å². The lowest BCUT2D eigenvalue weighted by molar-refractivity contribution is 0.0855. The zero-order chi connectivity index (χ0) is 12.2. The summed E-state index contributed by atoms with van der Waals surface area (Å²) in [6.07, 6.45) is 0.479. The molecular weight excluding hydrogens is 198 g/mol. The smallest absolute Gasteiger partial charge is 0.0620 e. The van der Waals surface area contributed by atoms with E-state index in [9.17, 15) is 5.11 Å². The molecule has 90 valence electrons. The quantitative estimate of drug-likeness (QED) is 0.801. The molecule has 2 nitrogen and oxygen atoms in total. The predicted octanol–water partition coefficient (Wildman–Crippen LogP) is 2.31. The molecule has 0 aromatic heterocycles. The highest BCUT2D eigenvalue weighted by atomic mass is 16.3. The van der Waals surface area contributed by atoms with Gasteiger partial charge in [-0.15, -0.1) is 0 Å². The Bertz CT molecular complexity index is 308. The largest absolute Gasteiger partial charge is 0.392 e. The van der Waals surface area contributed by atoms with E-state index in [0.29, 0.717) is 12.5 Å². The second-order valence-electron chi connectivity index (χ2n) is 5.00. The molecule has 0 aliphatic carbocycles. The van der Waals surface area contributed by atoms with Crippen molar-refractivity contribution in [1.82, 2.24) is 0 Å². The minimum atomic E-state index is -0.428. The molecule has 0 bridgehead atoms. The summed E-state index contributed by atoms with van der Waals surface area (Å²) in [6, 6.07) is 10.1. The van der Waals surface area contributed by atoms with Crippen LogP contribution in [0.1, 0.15) is 32.8 Å². The fourth-order valence-corrected chi connectivity index (χ4v) is 2.40. The number of hydrogen-bond donors (Lipinski definition) is 2. The SMILES string of the molecule is CC(C)CC(CN)(c1ccccc1)C(C)O. The Labute approximate surface area is 98.5 Å². The van der Waals surface area contributed by atoms with Gasteiger partial charge >= 0.3 is 0 Å². The van der Waals surface area contributed by atoms with Crippen molar-refractivity contribution >= 4 is 0 Å². The number of benzene rings is 1. The maximum absolute atomic E-state index is 10.1. The molecule has 0 spiro atoms. The lowest BCUT2D eigenvalue weighted by Crippen LogP contribution is -2.45. The molecule has 0 fully saturated rings. The summed E-state index contributed by atoms with van der Waals surface area (Å²) in [5.74, 6) is 0.512. The maximum Gasteiger partial charge on any atom is 0.0620 e. The van der Waals surface area contributed by atoms with Crippen molar-refractivity contribution in [2.24, 2.45) is 11.7 Å². The van der Waals surface area contributed by atoms with Crippen molar-refractivity contribution < 1.29 is 5.11 Å². The molecule has 0 saturated heterocycles. The zero-order valence-electron chi connectivity index (χ0n) is 10.5. The summed E-state index contributed by atoms with van der Waals surface area (Å²) >= 11 is 0. The van der Waals surface area contributed by atoms with Crippen molar-refractivity contribution in [2.45, 2.75) is 38.7 Å². The van der Waals surface area contributed by atoms with Crippen LogP contribution in [0.4, 0.5) is 0 Å². The molecule has 2 heteroatoms. The molecule has 0 heterocycles. The Balaban J connectivity index is 3.12. The third-order valence-electron chi connectivity index (χ3n) is 3.29. The van der Waals surface area contributed by atoms with Gasteiger partial charge in [0.1, 0.15) is 0 Å². The first kappa shape index (κ1) is 13.2. The predicted molar refractivity (Wildman–Crippen MR) is 68.3 cm³/mol. The van der Waals surface area contributed by atoms with Gasteiger partial charge in [-0.3, -0.25) is 0 Å².